The number of carbonyl (C=O) groups is 1. The average Bonchev–Trinajstić information content (AvgIpc) is 3.13. The molecule has 2 fully saturated rings. The van der Waals surface area contributed by atoms with E-state index in [9.17, 15) is 4.79 Å². The molecule has 0 spiro atoms. The van der Waals surface area contributed by atoms with E-state index in [1.807, 2.05) is 13.8 Å². The highest BCUT2D eigenvalue weighted by molar-refractivity contribution is 7.11. The number of nitrogens with one attached hydrogen (secondary N) is 1. The summed E-state index contributed by atoms with van der Waals surface area (Å²) in [5.41, 5.74) is 0.945. The molecule has 1 atom stereocenters. The number of rotatable bonds is 5. The fourth-order valence-electron chi connectivity index (χ4n) is 4.02. The zero-order chi connectivity index (χ0) is 16.2. The molecule has 1 aliphatic carbocycles. The third kappa shape index (κ3) is 4.54. The van der Waals surface area contributed by atoms with Gasteiger partial charge in [0.25, 0.3) is 0 Å². The molecule has 2 aliphatic rings. The van der Waals surface area contributed by atoms with E-state index in [1.165, 1.54) is 56.5 Å². The molecule has 1 aromatic heterocycles. The smallest absolute Gasteiger partial charge is 0.226 e. The summed E-state index contributed by atoms with van der Waals surface area (Å²) in [5, 5.41) is 4.18. The normalized spacial score (nSPS) is 23.3. The molecule has 3 rings (SSSR count). The largest absolute Gasteiger partial charge is 0.355 e. The van der Waals surface area contributed by atoms with Gasteiger partial charge in [0.2, 0.25) is 5.91 Å². The number of aryl methyl sites for hydroxylation is 2. The molecule has 0 radical (unpaired) electrons. The lowest BCUT2D eigenvalue weighted by Crippen LogP contribution is -2.36. The van der Waals surface area contributed by atoms with E-state index in [-0.39, 0.29) is 5.91 Å². The van der Waals surface area contributed by atoms with E-state index in [4.69, 9.17) is 0 Å². The maximum Gasteiger partial charge on any atom is 0.226 e. The van der Waals surface area contributed by atoms with Crippen molar-refractivity contribution in [1.29, 1.82) is 0 Å². The lowest BCUT2D eigenvalue weighted by molar-refractivity contribution is -0.120. The average molecular weight is 336 g/mol. The van der Waals surface area contributed by atoms with Gasteiger partial charge in [0.1, 0.15) is 0 Å². The number of likely N-dealkylation sites (tertiary alicyclic amines) is 1. The Balaban J connectivity index is 1.40. The molecule has 4 nitrogen and oxygen atoms in total. The first-order chi connectivity index (χ1) is 11.1. The molecular formula is C18H29N3OS. The molecule has 1 N–H and O–H groups in total. The topological polar surface area (TPSA) is 45.2 Å². The minimum Gasteiger partial charge on any atom is -0.355 e. The number of carbonyl (C=O) groups excluding carboxylic acids is 1. The summed E-state index contributed by atoms with van der Waals surface area (Å²) in [5.74, 6) is 0.744. The van der Waals surface area contributed by atoms with Crippen molar-refractivity contribution in [3.05, 3.63) is 15.6 Å². The Morgan fingerprint density at radius 3 is 2.74 bits per heavy atom. The molecule has 1 aliphatic heterocycles. The Morgan fingerprint density at radius 2 is 2.04 bits per heavy atom. The van der Waals surface area contributed by atoms with Gasteiger partial charge in [0.05, 0.1) is 17.1 Å². The predicted octanol–water partition coefficient (Wildman–Crippen LogP) is 3.07. The van der Waals surface area contributed by atoms with Crippen molar-refractivity contribution in [2.24, 2.45) is 5.92 Å². The van der Waals surface area contributed by atoms with Crippen LogP contribution in [-0.2, 0) is 11.2 Å². The van der Waals surface area contributed by atoms with Crippen molar-refractivity contribution >= 4 is 17.2 Å². The minimum atomic E-state index is 0.120. The first-order valence-corrected chi connectivity index (χ1v) is 9.87. The number of amides is 1. The fraction of sp³-hybridized carbons (Fsp3) is 0.778. The van der Waals surface area contributed by atoms with Crippen LogP contribution in [0.5, 0.6) is 0 Å². The maximum atomic E-state index is 12.2. The molecule has 1 aromatic rings. The highest BCUT2D eigenvalue weighted by atomic mass is 32.1. The fourth-order valence-corrected chi connectivity index (χ4v) is 4.85. The second-order valence-electron chi connectivity index (χ2n) is 7.16. The Hall–Kier alpha value is -0.940. The highest BCUT2D eigenvalue weighted by Gasteiger charge is 2.29. The summed E-state index contributed by atoms with van der Waals surface area (Å²) in [6, 6.07) is 0.810. The number of hydrogen-bond acceptors (Lipinski definition) is 4. The Morgan fingerprint density at radius 1 is 1.26 bits per heavy atom. The van der Waals surface area contributed by atoms with Gasteiger partial charge in [-0.2, -0.15) is 0 Å². The summed E-state index contributed by atoms with van der Waals surface area (Å²) in [6.45, 7) is 7.25. The molecule has 0 unspecified atom stereocenters. The zero-order valence-corrected chi connectivity index (χ0v) is 15.3. The van der Waals surface area contributed by atoms with Crippen LogP contribution in [-0.4, -0.2) is 41.5 Å². The molecular weight excluding hydrogens is 306 g/mol. The van der Waals surface area contributed by atoms with Crippen LogP contribution in [0.15, 0.2) is 0 Å². The molecule has 0 aromatic carbocycles. The van der Waals surface area contributed by atoms with E-state index in [0.717, 1.165) is 23.3 Å². The summed E-state index contributed by atoms with van der Waals surface area (Å²) in [4.78, 5) is 20.4. The second-order valence-corrected chi connectivity index (χ2v) is 8.57. The summed E-state index contributed by atoms with van der Waals surface area (Å²) < 4.78 is 0. The first-order valence-electron chi connectivity index (χ1n) is 9.05. The van der Waals surface area contributed by atoms with Gasteiger partial charge in [-0.15, -0.1) is 11.3 Å². The van der Waals surface area contributed by atoms with Gasteiger partial charge in [0, 0.05) is 24.0 Å². The van der Waals surface area contributed by atoms with E-state index in [0.29, 0.717) is 12.3 Å². The van der Waals surface area contributed by atoms with Crippen LogP contribution in [0.1, 0.15) is 54.1 Å². The Kier molecular flexibility index (Phi) is 5.70. The van der Waals surface area contributed by atoms with Crippen LogP contribution in [0.25, 0.3) is 0 Å². The minimum absolute atomic E-state index is 0.120. The van der Waals surface area contributed by atoms with Gasteiger partial charge in [-0.3, -0.25) is 4.79 Å². The zero-order valence-electron chi connectivity index (χ0n) is 14.4. The molecule has 5 heteroatoms. The molecule has 1 saturated carbocycles. The van der Waals surface area contributed by atoms with Crippen LogP contribution >= 0.6 is 11.3 Å². The highest BCUT2D eigenvalue weighted by Crippen LogP contribution is 2.27. The van der Waals surface area contributed by atoms with Crippen molar-refractivity contribution in [3.63, 3.8) is 0 Å². The van der Waals surface area contributed by atoms with Crippen LogP contribution < -0.4 is 5.32 Å². The monoisotopic (exact) mass is 335 g/mol. The molecule has 128 valence electrons. The summed E-state index contributed by atoms with van der Waals surface area (Å²) >= 11 is 1.67. The quantitative estimate of drug-likeness (QED) is 0.899. The first kappa shape index (κ1) is 16.9. The van der Waals surface area contributed by atoms with Crippen LogP contribution in [0.3, 0.4) is 0 Å². The molecule has 2 heterocycles. The maximum absolute atomic E-state index is 12.2. The number of thiazole rings is 1. The van der Waals surface area contributed by atoms with Crippen molar-refractivity contribution < 1.29 is 4.79 Å². The van der Waals surface area contributed by atoms with Gasteiger partial charge in [0.15, 0.2) is 0 Å². The molecule has 1 saturated heterocycles. The number of hydrogen-bond donors (Lipinski definition) is 1. The van der Waals surface area contributed by atoms with Gasteiger partial charge >= 0.3 is 0 Å². The van der Waals surface area contributed by atoms with Gasteiger partial charge in [-0.1, -0.05) is 19.3 Å². The van der Waals surface area contributed by atoms with Gasteiger partial charge in [-0.05, 0) is 45.6 Å². The van der Waals surface area contributed by atoms with Crippen molar-refractivity contribution in [3.8, 4) is 0 Å². The van der Waals surface area contributed by atoms with Crippen LogP contribution in [0.4, 0.5) is 0 Å². The lowest BCUT2D eigenvalue weighted by Gasteiger charge is -2.31. The van der Waals surface area contributed by atoms with Crippen LogP contribution in [0.2, 0.25) is 0 Å². The van der Waals surface area contributed by atoms with E-state index >= 15 is 0 Å². The standard InChI is InChI=1S/C18H29N3OS/c1-13-17(20-14(2)23-13)10-18(22)19-11-15-8-9-21(12-15)16-6-4-3-5-7-16/h15-16H,3-12H2,1-2H3,(H,19,22)/t15-/m1/s1. The van der Waals surface area contributed by atoms with Crippen molar-refractivity contribution in [1.82, 2.24) is 15.2 Å². The number of nitrogens with zero attached hydrogens (tertiary/aromatic N) is 2. The van der Waals surface area contributed by atoms with E-state index in [2.05, 4.69) is 15.2 Å². The second kappa shape index (κ2) is 7.75. The molecule has 23 heavy (non-hydrogen) atoms. The lowest BCUT2D eigenvalue weighted by atomic mass is 9.94. The third-order valence-electron chi connectivity index (χ3n) is 5.32. The SMILES string of the molecule is Cc1nc(CC(=O)NC[C@H]2CCN(C3CCCCC3)C2)c(C)s1. The van der Waals surface area contributed by atoms with Crippen LogP contribution in [0, 0.1) is 19.8 Å². The Labute approximate surface area is 143 Å². The summed E-state index contributed by atoms with van der Waals surface area (Å²) in [6.07, 6.45) is 8.62. The number of aromatic nitrogens is 1. The van der Waals surface area contributed by atoms with Gasteiger partial charge in [-0.25, -0.2) is 4.98 Å². The van der Waals surface area contributed by atoms with Crippen molar-refractivity contribution in [2.45, 2.75) is 64.8 Å². The van der Waals surface area contributed by atoms with Crippen molar-refractivity contribution in [2.75, 3.05) is 19.6 Å². The van der Waals surface area contributed by atoms with Gasteiger partial charge < -0.3 is 10.2 Å². The molecule has 0 bridgehead atoms. The predicted molar refractivity (Wildman–Crippen MR) is 94.9 cm³/mol. The van der Waals surface area contributed by atoms with E-state index in [1.54, 1.807) is 11.3 Å². The van der Waals surface area contributed by atoms with E-state index < -0.39 is 0 Å². The Bertz CT molecular complexity index is 536. The third-order valence-corrected chi connectivity index (χ3v) is 6.25. The summed E-state index contributed by atoms with van der Waals surface area (Å²) in [7, 11) is 0. The molecule has 1 amide bonds.